The zero-order valence-corrected chi connectivity index (χ0v) is 10.9. The molecule has 0 amide bonds. The Bertz CT molecular complexity index is 129. The Morgan fingerprint density at radius 2 is 1.87 bits per heavy atom. The molecular formula is C12H28N2O. The third kappa shape index (κ3) is 11.8. The fraction of sp³-hybridized carbons (Fsp3) is 1.00. The van der Waals surface area contributed by atoms with Gasteiger partial charge in [-0.25, -0.2) is 0 Å². The summed E-state index contributed by atoms with van der Waals surface area (Å²) in [6.45, 7) is 11.6. The highest BCUT2D eigenvalue weighted by molar-refractivity contribution is 4.52. The topological polar surface area (TPSA) is 24.5 Å². The quantitative estimate of drug-likeness (QED) is 0.563. The molecule has 3 nitrogen and oxygen atoms in total. The van der Waals surface area contributed by atoms with E-state index in [1.165, 1.54) is 0 Å². The molecule has 0 spiro atoms. The molecule has 15 heavy (non-hydrogen) atoms. The molecule has 1 N–H and O–H groups in total. The largest absolute Gasteiger partial charge is 0.381 e. The fourth-order valence-electron chi connectivity index (χ4n) is 1.26. The van der Waals surface area contributed by atoms with E-state index >= 15 is 0 Å². The van der Waals surface area contributed by atoms with Crippen molar-refractivity contribution in [2.24, 2.45) is 0 Å². The van der Waals surface area contributed by atoms with E-state index in [1.54, 1.807) is 0 Å². The second kappa shape index (κ2) is 10.4. The molecule has 0 unspecified atom stereocenters. The number of nitrogens with zero attached hydrogens (tertiary/aromatic N) is 1. The summed E-state index contributed by atoms with van der Waals surface area (Å²) < 4.78 is 5.54. The summed E-state index contributed by atoms with van der Waals surface area (Å²) in [7, 11) is 2.15. The smallest absolute Gasteiger partial charge is 0.0478 e. The van der Waals surface area contributed by atoms with Crippen LogP contribution in [0.3, 0.4) is 0 Å². The minimum atomic E-state index is 0.586. The van der Waals surface area contributed by atoms with Crippen molar-refractivity contribution in [3.63, 3.8) is 0 Å². The maximum atomic E-state index is 5.54. The van der Waals surface area contributed by atoms with Crippen molar-refractivity contribution in [2.75, 3.05) is 39.9 Å². The van der Waals surface area contributed by atoms with Crippen molar-refractivity contribution in [2.45, 2.75) is 39.7 Å². The van der Waals surface area contributed by atoms with E-state index in [0.29, 0.717) is 6.04 Å². The van der Waals surface area contributed by atoms with Gasteiger partial charge in [-0.3, -0.25) is 0 Å². The van der Waals surface area contributed by atoms with Gasteiger partial charge in [-0.15, -0.1) is 0 Å². The molecule has 0 rings (SSSR count). The number of nitrogens with one attached hydrogen (secondary N) is 1. The molecule has 0 saturated carbocycles. The number of hydrogen-bond acceptors (Lipinski definition) is 3. The highest BCUT2D eigenvalue weighted by Gasteiger charge is 1.95. The molecule has 3 heteroatoms. The molecule has 0 radical (unpaired) electrons. The van der Waals surface area contributed by atoms with Crippen LogP contribution in [0.1, 0.15) is 33.6 Å². The van der Waals surface area contributed by atoms with E-state index in [0.717, 1.165) is 45.7 Å². The lowest BCUT2D eigenvalue weighted by atomic mass is 10.3. The maximum absolute atomic E-state index is 5.54. The lowest BCUT2D eigenvalue weighted by Crippen LogP contribution is -2.24. The highest BCUT2D eigenvalue weighted by atomic mass is 16.5. The minimum Gasteiger partial charge on any atom is -0.381 e. The zero-order valence-electron chi connectivity index (χ0n) is 10.9. The molecule has 0 saturated heterocycles. The molecule has 0 aliphatic carbocycles. The highest BCUT2D eigenvalue weighted by Crippen LogP contribution is 1.89. The third-order valence-corrected chi connectivity index (χ3v) is 2.39. The van der Waals surface area contributed by atoms with Crippen molar-refractivity contribution in [3.05, 3.63) is 0 Å². The first-order valence-corrected chi connectivity index (χ1v) is 6.16. The van der Waals surface area contributed by atoms with Crippen LogP contribution in [-0.2, 0) is 4.74 Å². The first-order chi connectivity index (χ1) is 7.16. The van der Waals surface area contributed by atoms with Crippen LogP contribution in [-0.4, -0.2) is 50.8 Å². The molecule has 0 aromatic carbocycles. The van der Waals surface area contributed by atoms with Crippen LogP contribution in [0.5, 0.6) is 0 Å². The number of rotatable bonds is 10. The van der Waals surface area contributed by atoms with Crippen LogP contribution in [0.4, 0.5) is 0 Å². The van der Waals surface area contributed by atoms with Crippen LogP contribution in [0.2, 0.25) is 0 Å². The zero-order chi connectivity index (χ0) is 11.5. The fourth-order valence-corrected chi connectivity index (χ4v) is 1.26. The van der Waals surface area contributed by atoms with E-state index in [1.807, 2.05) is 0 Å². The summed E-state index contributed by atoms with van der Waals surface area (Å²) in [6, 6.07) is 0.586. The summed E-state index contributed by atoms with van der Waals surface area (Å²) in [6.07, 6.45) is 2.25. The van der Waals surface area contributed by atoms with Gasteiger partial charge in [-0.05, 0) is 33.0 Å². The summed E-state index contributed by atoms with van der Waals surface area (Å²) in [5.41, 5.74) is 0. The molecule has 92 valence electrons. The monoisotopic (exact) mass is 216 g/mol. The Morgan fingerprint density at radius 3 is 2.47 bits per heavy atom. The van der Waals surface area contributed by atoms with Crippen LogP contribution in [0.15, 0.2) is 0 Å². The second-order valence-corrected chi connectivity index (χ2v) is 4.32. The lowest BCUT2D eigenvalue weighted by Gasteiger charge is -2.13. The first-order valence-electron chi connectivity index (χ1n) is 6.16. The SMILES string of the molecule is CCN(C)CCCOCCCNC(C)C. The van der Waals surface area contributed by atoms with E-state index in [4.69, 9.17) is 4.74 Å². The van der Waals surface area contributed by atoms with Crippen LogP contribution in [0, 0.1) is 0 Å². The Morgan fingerprint density at radius 1 is 1.20 bits per heavy atom. The van der Waals surface area contributed by atoms with Crippen molar-refractivity contribution in [1.29, 1.82) is 0 Å². The summed E-state index contributed by atoms with van der Waals surface area (Å²) in [4.78, 5) is 2.31. The van der Waals surface area contributed by atoms with Gasteiger partial charge in [0.2, 0.25) is 0 Å². The Labute approximate surface area is 95.2 Å². The lowest BCUT2D eigenvalue weighted by molar-refractivity contribution is 0.121. The van der Waals surface area contributed by atoms with Gasteiger partial charge in [0.15, 0.2) is 0 Å². The average Bonchev–Trinajstić information content (AvgIpc) is 2.21. The molecule has 0 aliphatic rings. The first kappa shape index (κ1) is 14.9. The van der Waals surface area contributed by atoms with Gasteiger partial charge in [0, 0.05) is 25.8 Å². The van der Waals surface area contributed by atoms with Gasteiger partial charge in [-0.1, -0.05) is 20.8 Å². The van der Waals surface area contributed by atoms with E-state index < -0.39 is 0 Å². The Hall–Kier alpha value is -0.120. The average molecular weight is 216 g/mol. The summed E-state index contributed by atoms with van der Waals surface area (Å²) >= 11 is 0. The molecule has 0 atom stereocenters. The van der Waals surface area contributed by atoms with Gasteiger partial charge >= 0.3 is 0 Å². The molecule has 0 aromatic heterocycles. The predicted molar refractivity (Wildman–Crippen MR) is 66.4 cm³/mol. The van der Waals surface area contributed by atoms with Crippen LogP contribution >= 0.6 is 0 Å². The van der Waals surface area contributed by atoms with Crippen LogP contribution in [0.25, 0.3) is 0 Å². The van der Waals surface area contributed by atoms with E-state index in [9.17, 15) is 0 Å². The van der Waals surface area contributed by atoms with Crippen molar-refractivity contribution in [1.82, 2.24) is 10.2 Å². The summed E-state index contributed by atoms with van der Waals surface area (Å²) in [5, 5.41) is 3.38. The Balaban J connectivity index is 2.99. The molecule has 0 aliphatic heterocycles. The second-order valence-electron chi connectivity index (χ2n) is 4.32. The molecule has 0 bridgehead atoms. The van der Waals surface area contributed by atoms with Gasteiger partial charge in [-0.2, -0.15) is 0 Å². The van der Waals surface area contributed by atoms with Crippen molar-refractivity contribution < 1.29 is 4.74 Å². The van der Waals surface area contributed by atoms with E-state index in [-0.39, 0.29) is 0 Å². The third-order valence-electron chi connectivity index (χ3n) is 2.39. The molecule has 0 aromatic rings. The van der Waals surface area contributed by atoms with Gasteiger partial charge in [0.05, 0.1) is 0 Å². The predicted octanol–water partition coefficient (Wildman–Crippen LogP) is 1.73. The molecular weight excluding hydrogens is 188 g/mol. The van der Waals surface area contributed by atoms with Crippen molar-refractivity contribution in [3.8, 4) is 0 Å². The van der Waals surface area contributed by atoms with Gasteiger partial charge in [0.1, 0.15) is 0 Å². The Kier molecular flexibility index (Phi) is 10.3. The minimum absolute atomic E-state index is 0.586. The van der Waals surface area contributed by atoms with Gasteiger partial charge < -0.3 is 15.0 Å². The number of ether oxygens (including phenoxy) is 1. The maximum Gasteiger partial charge on any atom is 0.0478 e. The van der Waals surface area contributed by atoms with Crippen molar-refractivity contribution >= 4 is 0 Å². The molecule has 0 heterocycles. The van der Waals surface area contributed by atoms with Gasteiger partial charge in [0.25, 0.3) is 0 Å². The number of hydrogen-bond donors (Lipinski definition) is 1. The normalized spacial score (nSPS) is 11.6. The van der Waals surface area contributed by atoms with Crippen LogP contribution < -0.4 is 5.32 Å². The summed E-state index contributed by atoms with van der Waals surface area (Å²) in [5.74, 6) is 0. The van der Waals surface area contributed by atoms with E-state index in [2.05, 4.69) is 38.0 Å². The standard InChI is InChI=1S/C12H28N2O/c1-5-14(4)9-7-11-15-10-6-8-13-12(2)3/h12-13H,5-11H2,1-4H3. The molecule has 0 fully saturated rings.